The predicted octanol–water partition coefficient (Wildman–Crippen LogP) is 1.02. The summed E-state index contributed by atoms with van der Waals surface area (Å²) in [6, 6.07) is -0.0513. The molecule has 1 heterocycles. The number of hydrogen-bond donors (Lipinski definition) is 1. The van der Waals surface area contributed by atoms with Gasteiger partial charge < -0.3 is 14.9 Å². The van der Waals surface area contributed by atoms with Gasteiger partial charge in [-0.05, 0) is 6.92 Å². The number of nitrogens with zero attached hydrogens (tertiary/aromatic N) is 2. The minimum absolute atomic E-state index is 0.0513. The summed E-state index contributed by atoms with van der Waals surface area (Å²) in [5.74, 6) is -0.688. The molecule has 90 valence electrons. The largest absolute Gasteiger partial charge is 0.481 e. The molecular weight excluding hydrogens is 208 g/mol. The molecule has 0 aromatic rings. The fraction of sp³-hybridized carbons (Fsp3) is 0.636. The van der Waals surface area contributed by atoms with Gasteiger partial charge >= 0.3 is 12.0 Å². The van der Waals surface area contributed by atoms with Gasteiger partial charge in [0.2, 0.25) is 0 Å². The molecule has 1 N–H and O–H groups in total. The van der Waals surface area contributed by atoms with Crippen LogP contribution in [0.5, 0.6) is 0 Å². The Labute approximate surface area is 95.3 Å². The molecule has 1 aliphatic rings. The van der Waals surface area contributed by atoms with Crippen LogP contribution in [0.4, 0.5) is 4.79 Å². The number of rotatable bonds is 4. The van der Waals surface area contributed by atoms with Crippen molar-refractivity contribution in [3.8, 4) is 0 Å². The number of likely N-dealkylation sites (N-methyl/N-ethyl adjacent to an activating group) is 1. The zero-order chi connectivity index (χ0) is 12.3. The number of hydrogen-bond acceptors (Lipinski definition) is 2. The fourth-order valence-corrected chi connectivity index (χ4v) is 1.82. The molecule has 0 bridgehead atoms. The second-order valence-corrected chi connectivity index (χ2v) is 4.46. The maximum Gasteiger partial charge on any atom is 0.320 e. The number of amides is 2. The SMILES string of the molecule is C=C(C)CN(C)C(=O)N1CC(CC(=O)O)C1. The summed E-state index contributed by atoms with van der Waals surface area (Å²) in [6.07, 6.45) is 0.147. The van der Waals surface area contributed by atoms with Crippen molar-refractivity contribution in [2.45, 2.75) is 13.3 Å². The Morgan fingerprint density at radius 3 is 2.50 bits per heavy atom. The molecule has 5 nitrogen and oxygen atoms in total. The van der Waals surface area contributed by atoms with Gasteiger partial charge in [-0.25, -0.2) is 4.79 Å². The standard InChI is InChI=1S/C11H18N2O3/c1-8(2)5-12(3)11(16)13-6-9(7-13)4-10(14)15/h9H,1,4-7H2,2-3H3,(H,14,15). The van der Waals surface area contributed by atoms with Gasteiger partial charge in [0, 0.05) is 32.6 Å². The smallest absolute Gasteiger partial charge is 0.320 e. The highest BCUT2D eigenvalue weighted by molar-refractivity contribution is 5.76. The van der Waals surface area contributed by atoms with Crippen LogP contribution in [0.25, 0.3) is 0 Å². The monoisotopic (exact) mass is 226 g/mol. The quantitative estimate of drug-likeness (QED) is 0.728. The number of carbonyl (C=O) groups is 2. The van der Waals surface area contributed by atoms with E-state index in [4.69, 9.17) is 5.11 Å². The van der Waals surface area contributed by atoms with E-state index in [1.807, 2.05) is 6.92 Å². The molecule has 0 spiro atoms. The van der Waals surface area contributed by atoms with Crippen molar-refractivity contribution in [1.29, 1.82) is 0 Å². The molecule has 0 unspecified atom stereocenters. The average Bonchev–Trinajstić information content (AvgIpc) is 2.07. The molecule has 0 radical (unpaired) electrons. The van der Waals surface area contributed by atoms with E-state index < -0.39 is 5.97 Å². The summed E-state index contributed by atoms with van der Waals surface area (Å²) in [7, 11) is 1.72. The first-order valence-corrected chi connectivity index (χ1v) is 5.26. The number of carbonyl (C=O) groups excluding carboxylic acids is 1. The lowest BCUT2D eigenvalue weighted by molar-refractivity contribution is -0.139. The van der Waals surface area contributed by atoms with Crippen LogP contribution in [0.15, 0.2) is 12.2 Å². The van der Waals surface area contributed by atoms with Gasteiger partial charge in [-0.15, -0.1) is 0 Å². The van der Waals surface area contributed by atoms with Crippen molar-refractivity contribution in [1.82, 2.24) is 9.80 Å². The number of carboxylic acid groups (broad SMARTS) is 1. The first kappa shape index (κ1) is 12.5. The molecule has 1 fully saturated rings. The van der Waals surface area contributed by atoms with Gasteiger partial charge in [0.1, 0.15) is 0 Å². The minimum atomic E-state index is -0.799. The number of likely N-dealkylation sites (tertiary alicyclic amines) is 1. The number of aliphatic carboxylic acids is 1. The highest BCUT2D eigenvalue weighted by Crippen LogP contribution is 2.20. The van der Waals surface area contributed by atoms with Crippen LogP contribution in [0.1, 0.15) is 13.3 Å². The molecule has 0 aliphatic carbocycles. The molecule has 16 heavy (non-hydrogen) atoms. The molecule has 1 saturated heterocycles. The van der Waals surface area contributed by atoms with Crippen LogP contribution >= 0.6 is 0 Å². The van der Waals surface area contributed by atoms with Crippen LogP contribution in [0, 0.1) is 5.92 Å². The lowest BCUT2D eigenvalue weighted by atomic mass is 9.97. The van der Waals surface area contributed by atoms with E-state index in [0.717, 1.165) is 5.57 Å². The fourth-order valence-electron chi connectivity index (χ4n) is 1.82. The Morgan fingerprint density at radius 2 is 2.06 bits per heavy atom. The Balaban J connectivity index is 2.31. The first-order chi connectivity index (χ1) is 7.40. The van der Waals surface area contributed by atoms with E-state index in [-0.39, 0.29) is 18.4 Å². The Bertz CT molecular complexity index is 308. The zero-order valence-electron chi connectivity index (χ0n) is 9.77. The van der Waals surface area contributed by atoms with Crippen LogP contribution in [-0.2, 0) is 4.79 Å². The molecule has 0 saturated carbocycles. The Kier molecular flexibility index (Phi) is 3.93. The molecule has 0 atom stereocenters. The summed E-state index contributed by atoms with van der Waals surface area (Å²) in [4.78, 5) is 25.4. The third kappa shape index (κ3) is 3.25. The lowest BCUT2D eigenvalue weighted by Crippen LogP contribution is -2.54. The van der Waals surface area contributed by atoms with Crippen LogP contribution in [0.3, 0.4) is 0 Å². The van der Waals surface area contributed by atoms with Crippen LogP contribution in [0.2, 0.25) is 0 Å². The van der Waals surface area contributed by atoms with Crippen molar-refractivity contribution in [3.05, 3.63) is 12.2 Å². The Morgan fingerprint density at radius 1 is 1.50 bits per heavy atom. The van der Waals surface area contributed by atoms with Gasteiger partial charge in [-0.3, -0.25) is 4.79 Å². The van der Waals surface area contributed by atoms with Crippen molar-refractivity contribution in [3.63, 3.8) is 0 Å². The van der Waals surface area contributed by atoms with Gasteiger partial charge in [-0.2, -0.15) is 0 Å². The first-order valence-electron chi connectivity index (χ1n) is 5.26. The summed E-state index contributed by atoms with van der Waals surface area (Å²) < 4.78 is 0. The minimum Gasteiger partial charge on any atom is -0.481 e. The van der Waals surface area contributed by atoms with Gasteiger partial charge in [0.25, 0.3) is 0 Å². The molecule has 1 rings (SSSR count). The summed E-state index contributed by atoms with van der Waals surface area (Å²) in [5, 5.41) is 8.58. The van der Waals surface area contributed by atoms with E-state index in [1.54, 1.807) is 16.8 Å². The normalized spacial score (nSPS) is 15.5. The molecule has 1 aliphatic heterocycles. The predicted molar refractivity (Wildman–Crippen MR) is 60.2 cm³/mol. The average molecular weight is 226 g/mol. The lowest BCUT2D eigenvalue weighted by Gasteiger charge is -2.40. The summed E-state index contributed by atoms with van der Waals surface area (Å²) in [6.45, 7) is 7.25. The van der Waals surface area contributed by atoms with E-state index in [9.17, 15) is 9.59 Å². The van der Waals surface area contributed by atoms with Crippen LogP contribution in [-0.4, -0.2) is 53.6 Å². The van der Waals surface area contributed by atoms with Crippen molar-refractivity contribution in [2.75, 3.05) is 26.7 Å². The van der Waals surface area contributed by atoms with E-state index in [2.05, 4.69) is 6.58 Å². The number of urea groups is 1. The topological polar surface area (TPSA) is 60.9 Å². The van der Waals surface area contributed by atoms with Crippen LogP contribution < -0.4 is 0 Å². The van der Waals surface area contributed by atoms with Gasteiger partial charge in [-0.1, -0.05) is 12.2 Å². The maximum absolute atomic E-state index is 11.8. The maximum atomic E-state index is 11.8. The highest BCUT2D eigenvalue weighted by Gasteiger charge is 2.33. The summed E-state index contributed by atoms with van der Waals surface area (Å²) >= 11 is 0. The van der Waals surface area contributed by atoms with Crippen molar-refractivity contribution < 1.29 is 14.7 Å². The number of carboxylic acids is 1. The van der Waals surface area contributed by atoms with E-state index in [1.165, 1.54) is 0 Å². The molecule has 0 aromatic heterocycles. The molecule has 0 aromatic carbocycles. The second-order valence-electron chi connectivity index (χ2n) is 4.46. The third-order valence-corrected chi connectivity index (χ3v) is 2.52. The van der Waals surface area contributed by atoms with Crippen molar-refractivity contribution in [2.24, 2.45) is 5.92 Å². The zero-order valence-corrected chi connectivity index (χ0v) is 9.77. The van der Waals surface area contributed by atoms with E-state index in [0.29, 0.717) is 19.6 Å². The second kappa shape index (κ2) is 5.01. The molecule has 5 heteroatoms. The van der Waals surface area contributed by atoms with Gasteiger partial charge in [0.15, 0.2) is 0 Å². The third-order valence-electron chi connectivity index (χ3n) is 2.52. The highest BCUT2D eigenvalue weighted by atomic mass is 16.4. The molecule has 2 amide bonds. The molecular formula is C11H18N2O3. The van der Waals surface area contributed by atoms with Gasteiger partial charge in [0.05, 0.1) is 6.42 Å². The van der Waals surface area contributed by atoms with E-state index >= 15 is 0 Å². The van der Waals surface area contributed by atoms with Crippen molar-refractivity contribution >= 4 is 12.0 Å². The Hall–Kier alpha value is -1.52. The summed E-state index contributed by atoms with van der Waals surface area (Å²) in [5.41, 5.74) is 0.929.